The van der Waals surface area contributed by atoms with Gasteiger partial charge in [-0.2, -0.15) is 0 Å². The zero-order chi connectivity index (χ0) is 13.7. The number of hydrogen-bond acceptors (Lipinski definition) is 2. The highest BCUT2D eigenvalue weighted by molar-refractivity contribution is 5.22. The van der Waals surface area contributed by atoms with Crippen molar-refractivity contribution in [2.75, 3.05) is 13.7 Å². The van der Waals surface area contributed by atoms with E-state index in [-0.39, 0.29) is 12.1 Å². The van der Waals surface area contributed by atoms with Gasteiger partial charge in [0.15, 0.2) is 0 Å². The summed E-state index contributed by atoms with van der Waals surface area (Å²) < 4.78 is 31.9. The topological polar surface area (TPSA) is 21.3 Å². The number of hydrogen-bond donors (Lipinski definition) is 1. The van der Waals surface area contributed by atoms with Crippen LogP contribution in [0.5, 0.6) is 0 Å². The summed E-state index contributed by atoms with van der Waals surface area (Å²) in [5, 5.41) is 3.27. The Morgan fingerprint density at radius 3 is 2.44 bits per heavy atom. The number of nitrogens with one attached hydrogen (secondary N) is 1. The SMILES string of the molecule is COCC(NC(C)c1cc(F)ccc1F)C(C)C. The summed E-state index contributed by atoms with van der Waals surface area (Å²) >= 11 is 0. The van der Waals surface area contributed by atoms with Crippen molar-refractivity contribution in [1.29, 1.82) is 0 Å². The molecule has 0 radical (unpaired) electrons. The Balaban J connectivity index is 2.79. The van der Waals surface area contributed by atoms with Gasteiger partial charge >= 0.3 is 0 Å². The first kappa shape index (κ1) is 15.1. The Kier molecular flexibility index (Phi) is 5.69. The summed E-state index contributed by atoms with van der Waals surface area (Å²) in [5.41, 5.74) is 0.344. The van der Waals surface area contributed by atoms with Crippen molar-refractivity contribution in [1.82, 2.24) is 5.32 Å². The number of methoxy groups -OCH3 is 1. The monoisotopic (exact) mass is 257 g/mol. The average molecular weight is 257 g/mol. The van der Waals surface area contributed by atoms with Gasteiger partial charge < -0.3 is 10.1 Å². The van der Waals surface area contributed by atoms with E-state index in [4.69, 9.17) is 4.74 Å². The predicted molar refractivity (Wildman–Crippen MR) is 68.4 cm³/mol. The van der Waals surface area contributed by atoms with Gasteiger partial charge in [0.2, 0.25) is 0 Å². The molecule has 18 heavy (non-hydrogen) atoms. The largest absolute Gasteiger partial charge is 0.383 e. The van der Waals surface area contributed by atoms with Gasteiger partial charge in [-0.1, -0.05) is 13.8 Å². The van der Waals surface area contributed by atoms with Gasteiger partial charge in [-0.25, -0.2) is 8.78 Å². The molecule has 0 aromatic heterocycles. The average Bonchev–Trinajstić information content (AvgIpc) is 2.31. The molecule has 1 rings (SSSR count). The van der Waals surface area contributed by atoms with Crippen molar-refractivity contribution in [2.24, 2.45) is 5.92 Å². The fourth-order valence-corrected chi connectivity index (χ4v) is 1.87. The van der Waals surface area contributed by atoms with E-state index in [0.717, 1.165) is 12.1 Å². The molecule has 0 spiro atoms. The van der Waals surface area contributed by atoms with Gasteiger partial charge in [-0.15, -0.1) is 0 Å². The molecule has 1 aromatic carbocycles. The standard InChI is InChI=1S/C14H21F2NO/c1-9(2)14(8-18-4)17-10(3)12-7-11(15)5-6-13(12)16/h5-7,9-10,14,17H,8H2,1-4H3. The summed E-state index contributed by atoms with van der Waals surface area (Å²) in [4.78, 5) is 0. The first-order chi connectivity index (χ1) is 8.45. The zero-order valence-electron chi connectivity index (χ0n) is 11.3. The lowest BCUT2D eigenvalue weighted by molar-refractivity contribution is 0.141. The van der Waals surface area contributed by atoms with Gasteiger partial charge in [0.05, 0.1) is 6.61 Å². The van der Waals surface area contributed by atoms with E-state index >= 15 is 0 Å². The predicted octanol–water partition coefficient (Wildman–Crippen LogP) is 3.29. The second-order valence-electron chi connectivity index (χ2n) is 4.86. The second-order valence-corrected chi connectivity index (χ2v) is 4.86. The molecular formula is C14H21F2NO. The number of rotatable bonds is 6. The summed E-state index contributed by atoms with van der Waals surface area (Å²) in [5.74, 6) is -0.465. The minimum Gasteiger partial charge on any atom is -0.383 e. The van der Waals surface area contributed by atoms with Crippen LogP contribution < -0.4 is 5.32 Å². The van der Waals surface area contributed by atoms with Crippen LogP contribution in [0.2, 0.25) is 0 Å². The fourth-order valence-electron chi connectivity index (χ4n) is 1.87. The molecule has 0 heterocycles. The Labute approximate surface area is 107 Å². The second kappa shape index (κ2) is 6.81. The molecule has 2 unspecified atom stereocenters. The summed E-state index contributed by atoms with van der Waals surface area (Å²) in [7, 11) is 1.63. The third kappa shape index (κ3) is 4.03. The highest BCUT2D eigenvalue weighted by atomic mass is 19.1. The van der Waals surface area contributed by atoms with Crippen LogP contribution in [0.15, 0.2) is 18.2 Å². The van der Waals surface area contributed by atoms with E-state index in [0.29, 0.717) is 18.1 Å². The lowest BCUT2D eigenvalue weighted by atomic mass is 10.0. The van der Waals surface area contributed by atoms with E-state index in [1.54, 1.807) is 7.11 Å². The van der Waals surface area contributed by atoms with E-state index in [2.05, 4.69) is 19.2 Å². The zero-order valence-corrected chi connectivity index (χ0v) is 11.3. The van der Waals surface area contributed by atoms with Gasteiger partial charge in [-0.3, -0.25) is 0 Å². The molecular weight excluding hydrogens is 236 g/mol. The molecule has 102 valence electrons. The van der Waals surface area contributed by atoms with Crippen LogP contribution in [0.4, 0.5) is 8.78 Å². The third-order valence-electron chi connectivity index (χ3n) is 3.04. The van der Waals surface area contributed by atoms with Gasteiger partial charge in [0.25, 0.3) is 0 Å². The molecule has 2 atom stereocenters. The molecule has 1 N–H and O–H groups in total. The molecule has 0 bridgehead atoms. The Bertz CT molecular complexity index is 382. The van der Waals surface area contributed by atoms with Crippen molar-refractivity contribution in [3.63, 3.8) is 0 Å². The van der Waals surface area contributed by atoms with Crippen LogP contribution in [0.25, 0.3) is 0 Å². The maximum atomic E-state index is 13.6. The normalized spacial score (nSPS) is 14.8. The van der Waals surface area contributed by atoms with Crippen LogP contribution in [0.3, 0.4) is 0 Å². The highest BCUT2D eigenvalue weighted by Crippen LogP contribution is 2.19. The third-order valence-corrected chi connectivity index (χ3v) is 3.04. The quantitative estimate of drug-likeness (QED) is 0.844. The van der Waals surface area contributed by atoms with Crippen molar-refractivity contribution < 1.29 is 13.5 Å². The minimum absolute atomic E-state index is 0.104. The smallest absolute Gasteiger partial charge is 0.128 e. The van der Waals surface area contributed by atoms with Gasteiger partial charge in [0, 0.05) is 24.8 Å². The lowest BCUT2D eigenvalue weighted by Gasteiger charge is -2.26. The van der Waals surface area contributed by atoms with Crippen LogP contribution in [-0.2, 0) is 4.74 Å². The lowest BCUT2D eigenvalue weighted by Crippen LogP contribution is -2.39. The van der Waals surface area contributed by atoms with E-state index in [9.17, 15) is 8.78 Å². The first-order valence-corrected chi connectivity index (χ1v) is 6.15. The van der Waals surface area contributed by atoms with Gasteiger partial charge in [-0.05, 0) is 31.0 Å². The van der Waals surface area contributed by atoms with Crippen LogP contribution in [0.1, 0.15) is 32.4 Å². The van der Waals surface area contributed by atoms with Crippen LogP contribution >= 0.6 is 0 Å². The number of halogens is 2. The summed E-state index contributed by atoms with van der Waals surface area (Å²) in [6.45, 7) is 6.48. The molecule has 0 fully saturated rings. The molecule has 4 heteroatoms. The van der Waals surface area contributed by atoms with Crippen LogP contribution in [-0.4, -0.2) is 19.8 Å². The Hall–Kier alpha value is -1.00. The molecule has 0 aliphatic heterocycles. The molecule has 1 aromatic rings. The van der Waals surface area contributed by atoms with E-state index in [1.165, 1.54) is 6.07 Å². The molecule has 0 aliphatic rings. The van der Waals surface area contributed by atoms with E-state index in [1.807, 2.05) is 6.92 Å². The van der Waals surface area contributed by atoms with Gasteiger partial charge in [0.1, 0.15) is 11.6 Å². The minimum atomic E-state index is -0.423. The number of ether oxygens (including phenoxy) is 1. The first-order valence-electron chi connectivity index (χ1n) is 6.15. The molecule has 0 aliphatic carbocycles. The molecule has 0 amide bonds. The molecule has 0 saturated heterocycles. The molecule has 2 nitrogen and oxygen atoms in total. The van der Waals surface area contributed by atoms with Crippen molar-refractivity contribution >= 4 is 0 Å². The van der Waals surface area contributed by atoms with Crippen molar-refractivity contribution in [3.05, 3.63) is 35.4 Å². The Morgan fingerprint density at radius 1 is 1.22 bits per heavy atom. The maximum Gasteiger partial charge on any atom is 0.128 e. The number of benzene rings is 1. The van der Waals surface area contributed by atoms with Crippen molar-refractivity contribution in [3.8, 4) is 0 Å². The highest BCUT2D eigenvalue weighted by Gasteiger charge is 2.19. The Morgan fingerprint density at radius 2 is 1.89 bits per heavy atom. The summed E-state index contributed by atoms with van der Waals surface area (Å²) in [6.07, 6.45) is 0. The maximum absolute atomic E-state index is 13.6. The van der Waals surface area contributed by atoms with Crippen LogP contribution in [0, 0.1) is 17.6 Å². The van der Waals surface area contributed by atoms with E-state index < -0.39 is 11.6 Å². The fraction of sp³-hybridized carbons (Fsp3) is 0.571. The molecule has 0 saturated carbocycles. The van der Waals surface area contributed by atoms with Crippen molar-refractivity contribution in [2.45, 2.75) is 32.9 Å². The summed E-state index contributed by atoms with van der Waals surface area (Å²) in [6, 6.07) is 3.36.